The third-order valence-electron chi connectivity index (χ3n) is 3.05. The molecule has 0 spiro atoms. The Morgan fingerprint density at radius 1 is 1.44 bits per heavy atom. The number of rotatable bonds is 8. The minimum Gasteiger partial charge on any atom is -0.383 e. The maximum atomic E-state index is 6.25. The van der Waals surface area contributed by atoms with Crippen LogP contribution in [-0.2, 0) is 11.3 Å². The Morgan fingerprint density at radius 2 is 2.17 bits per heavy atom. The van der Waals surface area contributed by atoms with E-state index in [2.05, 4.69) is 24.3 Å². The first-order valence-corrected chi connectivity index (χ1v) is 6.85. The predicted molar refractivity (Wildman–Crippen MR) is 75.0 cm³/mol. The van der Waals surface area contributed by atoms with Crippen molar-refractivity contribution >= 4 is 11.6 Å². The highest BCUT2D eigenvalue weighted by molar-refractivity contribution is 6.31. The Hall–Kier alpha value is -0.580. The summed E-state index contributed by atoms with van der Waals surface area (Å²) in [6.45, 7) is 5.84. The molecule has 18 heavy (non-hydrogen) atoms. The van der Waals surface area contributed by atoms with Crippen LogP contribution < -0.4 is 5.32 Å². The predicted octanol–water partition coefficient (Wildman–Crippen LogP) is 2.88. The Bertz CT molecular complexity index is 352. The Labute approximate surface area is 115 Å². The number of hydrogen-bond acceptors (Lipinski definition) is 3. The van der Waals surface area contributed by atoms with Gasteiger partial charge in [-0.15, -0.1) is 0 Å². The molecule has 0 fully saturated rings. The van der Waals surface area contributed by atoms with Crippen molar-refractivity contribution in [3.8, 4) is 0 Å². The van der Waals surface area contributed by atoms with E-state index in [-0.39, 0.29) is 6.04 Å². The summed E-state index contributed by atoms with van der Waals surface area (Å²) in [7, 11) is 3.66. The number of halogens is 1. The molecular formula is C13H24ClN3O. The highest BCUT2D eigenvalue weighted by atomic mass is 35.5. The largest absolute Gasteiger partial charge is 0.383 e. The van der Waals surface area contributed by atoms with Gasteiger partial charge in [0.05, 0.1) is 36.1 Å². The van der Waals surface area contributed by atoms with Crippen LogP contribution in [0.1, 0.15) is 38.4 Å². The van der Waals surface area contributed by atoms with Crippen LogP contribution in [0.2, 0.25) is 5.02 Å². The molecule has 1 heterocycles. The molecule has 5 heteroatoms. The summed E-state index contributed by atoms with van der Waals surface area (Å²) >= 11 is 6.25. The molecular weight excluding hydrogens is 250 g/mol. The Balaban J connectivity index is 2.79. The van der Waals surface area contributed by atoms with E-state index in [9.17, 15) is 0 Å². The molecule has 0 bridgehead atoms. The van der Waals surface area contributed by atoms with Crippen molar-refractivity contribution in [1.82, 2.24) is 15.1 Å². The van der Waals surface area contributed by atoms with Gasteiger partial charge in [0.25, 0.3) is 0 Å². The summed E-state index contributed by atoms with van der Waals surface area (Å²) in [5.41, 5.74) is 1.07. The molecule has 0 saturated heterocycles. The minimum atomic E-state index is 0.249. The number of nitrogens with one attached hydrogen (secondary N) is 1. The summed E-state index contributed by atoms with van der Waals surface area (Å²) in [5.74, 6) is 0.690. The molecule has 0 saturated carbocycles. The minimum absolute atomic E-state index is 0.249. The average Bonchev–Trinajstić information content (AvgIpc) is 2.69. The molecule has 0 aliphatic heterocycles. The van der Waals surface area contributed by atoms with E-state index >= 15 is 0 Å². The number of nitrogens with zero attached hydrogens (tertiary/aromatic N) is 2. The van der Waals surface area contributed by atoms with Crippen LogP contribution >= 0.6 is 11.6 Å². The van der Waals surface area contributed by atoms with E-state index in [0.717, 1.165) is 30.1 Å². The molecule has 104 valence electrons. The van der Waals surface area contributed by atoms with Gasteiger partial charge in [-0.2, -0.15) is 5.10 Å². The van der Waals surface area contributed by atoms with E-state index in [4.69, 9.17) is 16.3 Å². The fraction of sp³-hybridized carbons (Fsp3) is 0.769. The molecule has 0 aromatic carbocycles. The maximum Gasteiger partial charge on any atom is 0.0834 e. The Morgan fingerprint density at radius 3 is 2.72 bits per heavy atom. The quantitative estimate of drug-likeness (QED) is 0.792. The van der Waals surface area contributed by atoms with Crippen LogP contribution in [0.5, 0.6) is 0 Å². The van der Waals surface area contributed by atoms with Gasteiger partial charge in [-0.05, 0) is 25.8 Å². The van der Waals surface area contributed by atoms with Gasteiger partial charge in [0.1, 0.15) is 0 Å². The van der Waals surface area contributed by atoms with Crippen LogP contribution in [0.15, 0.2) is 6.20 Å². The second-order valence-electron chi connectivity index (χ2n) is 4.91. The summed E-state index contributed by atoms with van der Waals surface area (Å²) in [6.07, 6.45) is 3.94. The van der Waals surface area contributed by atoms with Crippen LogP contribution in [0, 0.1) is 5.92 Å². The van der Waals surface area contributed by atoms with Crippen molar-refractivity contribution in [2.24, 2.45) is 5.92 Å². The first-order chi connectivity index (χ1) is 8.60. The second-order valence-corrected chi connectivity index (χ2v) is 5.31. The van der Waals surface area contributed by atoms with Gasteiger partial charge in [-0.3, -0.25) is 4.68 Å². The number of methoxy groups -OCH3 is 1. The highest BCUT2D eigenvalue weighted by Crippen LogP contribution is 2.27. The lowest BCUT2D eigenvalue weighted by Gasteiger charge is -2.19. The highest BCUT2D eigenvalue weighted by Gasteiger charge is 2.19. The van der Waals surface area contributed by atoms with E-state index < -0.39 is 0 Å². The lowest BCUT2D eigenvalue weighted by molar-refractivity contribution is 0.181. The van der Waals surface area contributed by atoms with Crippen molar-refractivity contribution in [3.05, 3.63) is 16.9 Å². The van der Waals surface area contributed by atoms with E-state index in [1.807, 2.05) is 11.7 Å². The number of aromatic nitrogens is 2. The maximum absolute atomic E-state index is 6.25. The van der Waals surface area contributed by atoms with Crippen LogP contribution in [0.25, 0.3) is 0 Å². The zero-order valence-corrected chi connectivity index (χ0v) is 12.5. The summed E-state index contributed by atoms with van der Waals surface area (Å²) in [6, 6.07) is 0.249. The summed E-state index contributed by atoms with van der Waals surface area (Å²) < 4.78 is 7.04. The SMILES string of the molecule is CNC(CCC(C)C)c1c(Cl)cnn1CCOC. The zero-order valence-electron chi connectivity index (χ0n) is 11.7. The first-order valence-electron chi connectivity index (χ1n) is 6.47. The zero-order chi connectivity index (χ0) is 13.5. The fourth-order valence-corrected chi connectivity index (χ4v) is 2.26. The van der Waals surface area contributed by atoms with Crippen LogP contribution in [0.4, 0.5) is 0 Å². The second kappa shape index (κ2) is 7.77. The van der Waals surface area contributed by atoms with Gasteiger partial charge in [0.2, 0.25) is 0 Å². The van der Waals surface area contributed by atoms with Gasteiger partial charge < -0.3 is 10.1 Å². The monoisotopic (exact) mass is 273 g/mol. The summed E-state index contributed by atoms with van der Waals surface area (Å²) in [4.78, 5) is 0. The topological polar surface area (TPSA) is 39.1 Å². The molecule has 1 rings (SSSR count). The van der Waals surface area contributed by atoms with Crippen LogP contribution in [-0.4, -0.2) is 30.5 Å². The Kier molecular flexibility index (Phi) is 6.68. The van der Waals surface area contributed by atoms with Gasteiger partial charge >= 0.3 is 0 Å². The normalized spacial score (nSPS) is 13.2. The molecule has 0 radical (unpaired) electrons. The van der Waals surface area contributed by atoms with Crippen LogP contribution in [0.3, 0.4) is 0 Å². The third-order valence-corrected chi connectivity index (χ3v) is 3.34. The lowest BCUT2D eigenvalue weighted by atomic mass is 10.0. The standard InChI is InChI=1S/C13H24ClN3O/c1-10(2)5-6-12(15-3)13-11(14)9-16-17(13)7-8-18-4/h9-10,12,15H,5-8H2,1-4H3. The van der Waals surface area contributed by atoms with Crippen molar-refractivity contribution in [2.45, 2.75) is 39.3 Å². The molecule has 0 aliphatic rings. The molecule has 1 atom stereocenters. The van der Waals surface area contributed by atoms with E-state index in [1.54, 1.807) is 13.3 Å². The molecule has 1 aromatic heterocycles. The molecule has 4 nitrogen and oxygen atoms in total. The third kappa shape index (κ3) is 4.26. The molecule has 1 N–H and O–H groups in total. The van der Waals surface area contributed by atoms with Gasteiger partial charge in [-0.1, -0.05) is 25.4 Å². The van der Waals surface area contributed by atoms with Gasteiger partial charge in [0, 0.05) is 7.11 Å². The van der Waals surface area contributed by atoms with Crippen molar-refractivity contribution in [1.29, 1.82) is 0 Å². The van der Waals surface area contributed by atoms with Crippen molar-refractivity contribution in [2.75, 3.05) is 20.8 Å². The smallest absolute Gasteiger partial charge is 0.0834 e. The summed E-state index contributed by atoms with van der Waals surface area (Å²) in [5, 5.41) is 8.38. The van der Waals surface area contributed by atoms with Gasteiger partial charge in [-0.25, -0.2) is 0 Å². The number of hydrogen-bond donors (Lipinski definition) is 1. The molecule has 0 amide bonds. The average molecular weight is 274 g/mol. The van der Waals surface area contributed by atoms with Crippen molar-refractivity contribution in [3.63, 3.8) is 0 Å². The van der Waals surface area contributed by atoms with E-state index in [0.29, 0.717) is 12.5 Å². The van der Waals surface area contributed by atoms with Crippen molar-refractivity contribution < 1.29 is 4.74 Å². The molecule has 1 aromatic rings. The number of ether oxygens (including phenoxy) is 1. The lowest BCUT2D eigenvalue weighted by Crippen LogP contribution is -2.22. The van der Waals surface area contributed by atoms with E-state index in [1.165, 1.54) is 0 Å². The molecule has 1 unspecified atom stereocenters. The van der Waals surface area contributed by atoms with Gasteiger partial charge in [0.15, 0.2) is 0 Å². The first kappa shape index (κ1) is 15.5. The fourth-order valence-electron chi connectivity index (χ4n) is 1.99. The molecule has 0 aliphatic carbocycles.